The molecule has 0 aromatic carbocycles. The van der Waals surface area contributed by atoms with E-state index in [4.69, 9.17) is 0 Å². The van der Waals surface area contributed by atoms with E-state index >= 15 is 0 Å². The number of rotatable bonds is 32. The Kier molecular flexibility index (Phi) is 33.5. The van der Waals surface area contributed by atoms with E-state index in [1.165, 1.54) is 109 Å². The monoisotopic (exact) mass is 602 g/mol. The Hall–Kier alpha value is -1.65. The van der Waals surface area contributed by atoms with Gasteiger partial charge >= 0.3 is 0 Å². The summed E-state index contributed by atoms with van der Waals surface area (Å²) < 4.78 is 0. The molecule has 0 aliphatic heterocycles. The van der Waals surface area contributed by atoms with Crippen LogP contribution in [0.4, 0.5) is 0 Å². The highest BCUT2D eigenvalue weighted by atomic mass is 16.3. The number of unbranched alkanes of at least 4 members (excludes halogenated alkanes) is 19. The summed E-state index contributed by atoms with van der Waals surface area (Å²) in [5, 5.41) is 22.8. The van der Waals surface area contributed by atoms with E-state index in [9.17, 15) is 15.0 Å². The number of allylic oxidation sites excluding steroid dienone is 7. The molecule has 0 aromatic rings. The van der Waals surface area contributed by atoms with E-state index in [1.807, 2.05) is 6.08 Å². The van der Waals surface area contributed by atoms with Crippen LogP contribution < -0.4 is 5.32 Å². The molecule has 250 valence electrons. The third-order valence-corrected chi connectivity index (χ3v) is 8.02. The number of aliphatic hydroxyl groups is 2. The van der Waals surface area contributed by atoms with E-state index in [1.54, 1.807) is 6.08 Å². The Balaban J connectivity index is 3.61. The zero-order valence-corrected chi connectivity index (χ0v) is 28.5. The molecule has 4 heteroatoms. The van der Waals surface area contributed by atoms with Crippen molar-refractivity contribution in [1.29, 1.82) is 0 Å². The van der Waals surface area contributed by atoms with Crippen molar-refractivity contribution >= 4 is 5.91 Å². The lowest BCUT2D eigenvalue weighted by atomic mass is 10.1. The van der Waals surface area contributed by atoms with E-state index < -0.39 is 12.1 Å². The van der Waals surface area contributed by atoms with Gasteiger partial charge in [0.25, 0.3) is 0 Å². The highest BCUT2D eigenvalue weighted by Gasteiger charge is 2.17. The number of hydrogen-bond donors (Lipinski definition) is 3. The first kappa shape index (κ1) is 41.4. The summed E-state index contributed by atoms with van der Waals surface area (Å²) >= 11 is 0. The Morgan fingerprint density at radius 3 is 1.47 bits per heavy atom. The lowest BCUT2D eigenvalue weighted by molar-refractivity contribution is -0.123. The predicted octanol–water partition coefficient (Wildman–Crippen LogP) is 10.8. The summed E-state index contributed by atoms with van der Waals surface area (Å²) in [5.74, 6) is -0.0869. The van der Waals surface area contributed by atoms with Gasteiger partial charge in [0, 0.05) is 6.42 Å². The first-order valence-corrected chi connectivity index (χ1v) is 18.4. The number of hydrogen-bond acceptors (Lipinski definition) is 3. The molecule has 0 spiro atoms. The minimum Gasteiger partial charge on any atom is -0.394 e. The lowest BCUT2D eigenvalue weighted by Gasteiger charge is -2.19. The minimum absolute atomic E-state index is 0.0869. The molecular formula is C39H71NO3. The van der Waals surface area contributed by atoms with Gasteiger partial charge in [-0.1, -0.05) is 152 Å². The molecule has 0 aliphatic rings. The molecule has 4 nitrogen and oxygen atoms in total. The fourth-order valence-electron chi connectivity index (χ4n) is 5.21. The molecule has 0 rings (SSSR count). The van der Waals surface area contributed by atoms with Crippen molar-refractivity contribution in [3.63, 3.8) is 0 Å². The number of carbonyl (C=O) groups excluding carboxylic acids is 1. The lowest BCUT2D eigenvalue weighted by Crippen LogP contribution is -2.45. The van der Waals surface area contributed by atoms with Crippen molar-refractivity contribution in [3.05, 3.63) is 48.6 Å². The molecule has 2 atom stereocenters. The van der Waals surface area contributed by atoms with E-state index in [0.29, 0.717) is 6.42 Å². The quantitative estimate of drug-likeness (QED) is 0.0530. The summed E-state index contributed by atoms with van der Waals surface area (Å²) in [6.45, 7) is 4.16. The van der Waals surface area contributed by atoms with Gasteiger partial charge in [0.05, 0.1) is 18.8 Å². The standard InChI is InChI=1S/C39H71NO3/c1-3-5-7-9-11-13-15-16-17-18-19-20-21-22-23-24-25-27-29-31-33-35-39(43)40-37(36-41)38(42)34-32-30-28-26-14-12-10-8-6-4-2/h6,8,14,20-21,26,32,34,37-38,41-42H,3-5,7,9-13,15-19,22-25,27-31,33,35-36H2,1-2H3,(H,40,43)/b8-6+,21-20-,26-14+,34-32+. The van der Waals surface area contributed by atoms with Crippen molar-refractivity contribution in [3.8, 4) is 0 Å². The topological polar surface area (TPSA) is 69.6 Å². The summed E-state index contributed by atoms with van der Waals surface area (Å²) in [4.78, 5) is 12.3. The summed E-state index contributed by atoms with van der Waals surface area (Å²) in [5.41, 5.74) is 0. The number of nitrogens with one attached hydrogen (secondary N) is 1. The molecule has 0 fully saturated rings. The molecular weight excluding hydrogens is 530 g/mol. The average molecular weight is 602 g/mol. The summed E-state index contributed by atoms with van der Waals surface area (Å²) in [6, 6.07) is -0.645. The Morgan fingerprint density at radius 2 is 0.977 bits per heavy atom. The van der Waals surface area contributed by atoms with Crippen LogP contribution >= 0.6 is 0 Å². The first-order chi connectivity index (χ1) is 21.2. The van der Waals surface area contributed by atoms with Crippen LogP contribution in [-0.4, -0.2) is 34.9 Å². The van der Waals surface area contributed by atoms with Crippen LogP contribution in [-0.2, 0) is 4.79 Å². The Labute approximate surface area is 267 Å². The molecule has 0 saturated heterocycles. The van der Waals surface area contributed by atoms with Gasteiger partial charge < -0.3 is 15.5 Å². The molecule has 3 N–H and O–H groups in total. The third-order valence-electron chi connectivity index (χ3n) is 8.02. The van der Waals surface area contributed by atoms with Gasteiger partial charge in [-0.25, -0.2) is 0 Å². The number of aliphatic hydroxyl groups excluding tert-OH is 2. The maximum absolute atomic E-state index is 12.3. The van der Waals surface area contributed by atoms with Crippen molar-refractivity contribution in [2.24, 2.45) is 0 Å². The van der Waals surface area contributed by atoms with Gasteiger partial charge in [-0.3, -0.25) is 4.79 Å². The van der Waals surface area contributed by atoms with Gasteiger partial charge in [0.1, 0.15) is 0 Å². The molecule has 0 aliphatic carbocycles. The van der Waals surface area contributed by atoms with Crippen molar-refractivity contribution in [1.82, 2.24) is 5.32 Å². The van der Waals surface area contributed by atoms with Crippen LogP contribution in [0.1, 0.15) is 174 Å². The van der Waals surface area contributed by atoms with Crippen LogP contribution in [0.2, 0.25) is 0 Å². The van der Waals surface area contributed by atoms with Crippen LogP contribution in [0.5, 0.6) is 0 Å². The molecule has 0 heterocycles. The highest BCUT2D eigenvalue weighted by Crippen LogP contribution is 2.13. The third kappa shape index (κ3) is 31.6. The fraction of sp³-hybridized carbons (Fsp3) is 0.769. The molecule has 0 saturated carbocycles. The number of amides is 1. The van der Waals surface area contributed by atoms with E-state index in [-0.39, 0.29) is 12.5 Å². The Bertz CT molecular complexity index is 697. The van der Waals surface area contributed by atoms with E-state index in [0.717, 1.165) is 44.9 Å². The van der Waals surface area contributed by atoms with Gasteiger partial charge in [-0.05, 0) is 64.2 Å². The maximum Gasteiger partial charge on any atom is 0.220 e. The van der Waals surface area contributed by atoms with Gasteiger partial charge in [-0.2, -0.15) is 0 Å². The largest absolute Gasteiger partial charge is 0.394 e. The smallest absolute Gasteiger partial charge is 0.220 e. The van der Waals surface area contributed by atoms with Crippen LogP contribution in [0.15, 0.2) is 48.6 Å². The highest BCUT2D eigenvalue weighted by molar-refractivity contribution is 5.76. The maximum atomic E-state index is 12.3. The zero-order chi connectivity index (χ0) is 31.5. The number of carbonyl (C=O) groups is 1. The minimum atomic E-state index is -0.869. The second kappa shape index (κ2) is 34.8. The first-order valence-electron chi connectivity index (χ1n) is 18.4. The van der Waals surface area contributed by atoms with Crippen LogP contribution in [0.25, 0.3) is 0 Å². The van der Waals surface area contributed by atoms with Crippen LogP contribution in [0.3, 0.4) is 0 Å². The SMILES string of the molecule is CC/C=C/CC/C=C/CC/C=C/C(O)C(CO)NC(=O)CCCCCCCCC/C=C\CCCCCCCCCCCC. The van der Waals surface area contributed by atoms with Gasteiger partial charge in [0.15, 0.2) is 0 Å². The fourth-order valence-corrected chi connectivity index (χ4v) is 5.21. The van der Waals surface area contributed by atoms with Crippen LogP contribution in [0, 0.1) is 0 Å². The van der Waals surface area contributed by atoms with Gasteiger partial charge in [-0.15, -0.1) is 0 Å². The molecule has 43 heavy (non-hydrogen) atoms. The molecule has 0 radical (unpaired) electrons. The normalized spacial score (nSPS) is 13.7. The van der Waals surface area contributed by atoms with Crippen molar-refractivity contribution in [2.45, 2.75) is 187 Å². The average Bonchev–Trinajstić information content (AvgIpc) is 3.01. The van der Waals surface area contributed by atoms with Crippen molar-refractivity contribution in [2.75, 3.05) is 6.61 Å². The summed E-state index contributed by atoms with van der Waals surface area (Å²) in [6.07, 6.45) is 46.4. The van der Waals surface area contributed by atoms with Crippen molar-refractivity contribution < 1.29 is 15.0 Å². The zero-order valence-electron chi connectivity index (χ0n) is 28.5. The van der Waals surface area contributed by atoms with Gasteiger partial charge in [0.2, 0.25) is 5.91 Å². The predicted molar refractivity (Wildman–Crippen MR) is 188 cm³/mol. The summed E-state index contributed by atoms with van der Waals surface area (Å²) in [7, 11) is 0. The Morgan fingerprint density at radius 1 is 0.558 bits per heavy atom. The van der Waals surface area contributed by atoms with E-state index in [2.05, 4.69) is 55.6 Å². The second-order valence-electron chi connectivity index (χ2n) is 12.2. The molecule has 0 aromatic heterocycles. The molecule has 1 amide bonds. The molecule has 2 unspecified atom stereocenters. The second-order valence-corrected chi connectivity index (χ2v) is 12.2. The molecule has 0 bridgehead atoms.